The zero-order valence-electron chi connectivity index (χ0n) is 8.75. The second-order valence-corrected chi connectivity index (χ2v) is 4.42. The van der Waals surface area contributed by atoms with Crippen LogP contribution in [0.4, 0.5) is 0 Å². The molecular weight excluding hydrogens is 232 g/mol. The van der Waals surface area contributed by atoms with Gasteiger partial charge in [0.2, 0.25) is 5.91 Å². The van der Waals surface area contributed by atoms with Gasteiger partial charge in [-0.3, -0.25) is 4.79 Å². The van der Waals surface area contributed by atoms with E-state index in [4.69, 9.17) is 5.11 Å². The minimum atomic E-state index is -1.16. The molecule has 0 aliphatic heterocycles. The molecule has 1 heterocycles. The average molecular weight is 246 g/mol. The topological polar surface area (TPSA) is 103 Å². The summed E-state index contributed by atoms with van der Waals surface area (Å²) in [5.74, 6) is -0.276. The highest BCUT2D eigenvalue weighted by Crippen LogP contribution is 2.22. The summed E-state index contributed by atoms with van der Waals surface area (Å²) in [5, 5.41) is 30.8. The number of carbonyl (C=O) groups is 1. The summed E-state index contributed by atoms with van der Waals surface area (Å²) in [5.41, 5.74) is 0. The van der Waals surface area contributed by atoms with Gasteiger partial charge in [-0.1, -0.05) is 0 Å². The number of aliphatic hydroxyl groups excluding tert-OH is 3. The summed E-state index contributed by atoms with van der Waals surface area (Å²) in [6.07, 6.45) is -0.826. The first kappa shape index (κ1) is 13.0. The lowest BCUT2D eigenvalue weighted by Crippen LogP contribution is -2.34. The van der Waals surface area contributed by atoms with Crippen molar-refractivity contribution in [1.29, 1.82) is 0 Å². The molecule has 90 valence electrons. The fraction of sp³-hybridized carbons (Fsp3) is 0.556. The summed E-state index contributed by atoms with van der Waals surface area (Å²) in [4.78, 5) is 15.1. The fourth-order valence-corrected chi connectivity index (χ4v) is 1.88. The molecule has 2 unspecified atom stereocenters. The van der Waals surface area contributed by atoms with Gasteiger partial charge in [-0.05, 0) is 0 Å². The van der Waals surface area contributed by atoms with Crippen LogP contribution < -0.4 is 5.32 Å². The van der Waals surface area contributed by atoms with E-state index in [1.165, 1.54) is 13.1 Å². The van der Waals surface area contributed by atoms with Gasteiger partial charge in [0.15, 0.2) is 0 Å². The van der Waals surface area contributed by atoms with E-state index >= 15 is 0 Å². The highest BCUT2D eigenvalue weighted by Gasteiger charge is 2.21. The maximum atomic E-state index is 10.6. The number of nitrogens with zero attached hydrogens (tertiary/aromatic N) is 1. The Morgan fingerprint density at radius 3 is 2.81 bits per heavy atom. The molecule has 1 aromatic heterocycles. The van der Waals surface area contributed by atoms with Crippen LogP contribution in [0.5, 0.6) is 0 Å². The van der Waals surface area contributed by atoms with Crippen molar-refractivity contribution in [2.45, 2.75) is 25.7 Å². The Kier molecular flexibility index (Phi) is 4.81. The molecule has 4 N–H and O–H groups in total. The first-order chi connectivity index (χ1) is 7.54. The quantitative estimate of drug-likeness (QED) is 0.543. The summed E-state index contributed by atoms with van der Waals surface area (Å²) in [7, 11) is 0. The summed E-state index contributed by atoms with van der Waals surface area (Å²) >= 11 is 1.12. The molecule has 0 saturated carbocycles. The number of rotatable bonds is 5. The van der Waals surface area contributed by atoms with Crippen LogP contribution in [0.1, 0.15) is 22.9 Å². The van der Waals surface area contributed by atoms with Crippen molar-refractivity contribution in [1.82, 2.24) is 10.3 Å². The molecule has 7 heteroatoms. The first-order valence-electron chi connectivity index (χ1n) is 4.70. The van der Waals surface area contributed by atoms with Gasteiger partial charge >= 0.3 is 0 Å². The Hall–Kier alpha value is -1.02. The zero-order chi connectivity index (χ0) is 12.1. The van der Waals surface area contributed by atoms with Gasteiger partial charge in [-0.15, -0.1) is 11.3 Å². The van der Waals surface area contributed by atoms with E-state index in [1.807, 2.05) is 0 Å². The van der Waals surface area contributed by atoms with E-state index in [2.05, 4.69) is 10.3 Å². The van der Waals surface area contributed by atoms with E-state index < -0.39 is 12.2 Å². The molecular formula is C9H14N2O4S. The molecule has 6 nitrogen and oxygen atoms in total. The Bertz CT molecular complexity index is 355. The number of nitrogens with one attached hydrogen (secondary N) is 1. The summed E-state index contributed by atoms with van der Waals surface area (Å²) in [6.45, 7) is 1.14. The normalized spacial score (nSPS) is 14.5. The lowest BCUT2D eigenvalue weighted by Gasteiger charge is -2.15. The van der Waals surface area contributed by atoms with Crippen molar-refractivity contribution in [2.75, 3.05) is 6.54 Å². The molecule has 0 spiro atoms. The van der Waals surface area contributed by atoms with Crippen LogP contribution in [0.2, 0.25) is 0 Å². The Balaban J connectivity index is 2.55. The Labute approximate surface area is 96.6 Å². The number of carbonyl (C=O) groups excluding carboxylic acids is 1. The van der Waals surface area contributed by atoms with Crippen molar-refractivity contribution in [3.05, 3.63) is 16.1 Å². The molecule has 0 aromatic carbocycles. The lowest BCUT2D eigenvalue weighted by molar-refractivity contribution is -0.119. The number of thiazole rings is 1. The van der Waals surface area contributed by atoms with E-state index in [0.717, 1.165) is 11.3 Å². The van der Waals surface area contributed by atoms with Crippen molar-refractivity contribution >= 4 is 17.2 Å². The largest absolute Gasteiger partial charge is 0.391 e. The summed E-state index contributed by atoms with van der Waals surface area (Å²) < 4.78 is 0. The number of aliphatic hydroxyl groups is 3. The van der Waals surface area contributed by atoms with E-state index in [-0.39, 0.29) is 19.1 Å². The SMILES string of the molecule is CC(=O)NCC(O)C(O)c1ncc(CO)s1. The van der Waals surface area contributed by atoms with Crippen molar-refractivity contribution in [3.8, 4) is 0 Å². The molecule has 0 aliphatic carbocycles. The second-order valence-electron chi connectivity index (χ2n) is 3.27. The molecule has 1 aromatic rings. The molecule has 1 amide bonds. The molecule has 2 atom stereocenters. The highest BCUT2D eigenvalue weighted by atomic mass is 32.1. The second kappa shape index (κ2) is 5.90. The van der Waals surface area contributed by atoms with Crippen LogP contribution in [0.25, 0.3) is 0 Å². The van der Waals surface area contributed by atoms with Gasteiger partial charge in [-0.25, -0.2) is 4.98 Å². The molecule has 0 aliphatic rings. The lowest BCUT2D eigenvalue weighted by atomic mass is 10.2. The average Bonchev–Trinajstić information content (AvgIpc) is 2.73. The molecule has 16 heavy (non-hydrogen) atoms. The minimum absolute atomic E-state index is 0.0372. The fourth-order valence-electron chi connectivity index (χ4n) is 1.06. The first-order valence-corrected chi connectivity index (χ1v) is 5.52. The minimum Gasteiger partial charge on any atom is -0.391 e. The smallest absolute Gasteiger partial charge is 0.216 e. The Morgan fingerprint density at radius 1 is 1.62 bits per heavy atom. The molecule has 1 rings (SSSR count). The third kappa shape index (κ3) is 3.53. The number of hydrogen-bond donors (Lipinski definition) is 4. The molecule has 0 radical (unpaired) electrons. The van der Waals surface area contributed by atoms with Crippen molar-refractivity contribution < 1.29 is 20.1 Å². The van der Waals surface area contributed by atoms with Crippen LogP contribution in [-0.4, -0.2) is 38.9 Å². The van der Waals surface area contributed by atoms with E-state index in [1.54, 1.807) is 0 Å². The maximum Gasteiger partial charge on any atom is 0.216 e. The third-order valence-corrected chi connectivity index (χ3v) is 2.96. The van der Waals surface area contributed by atoms with E-state index in [9.17, 15) is 15.0 Å². The Morgan fingerprint density at radius 2 is 2.31 bits per heavy atom. The number of aromatic nitrogens is 1. The van der Waals surface area contributed by atoms with Gasteiger partial charge in [0, 0.05) is 19.7 Å². The van der Waals surface area contributed by atoms with Gasteiger partial charge < -0.3 is 20.6 Å². The van der Waals surface area contributed by atoms with Gasteiger partial charge in [-0.2, -0.15) is 0 Å². The number of hydrogen-bond acceptors (Lipinski definition) is 6. The predicted molar refractivity (Wildman–Crippen MR) is 57.7 cm³/mol. The van der Waals surface area contributed by atoms with Crippen LogP contribution in [0.3, 0.4) is 0 Å². The van der Waals surface area contributed by atoms with Crippen LogP contribution >= 0.6 is 11.3 Å². The monoisotopic (exact) mass is 246 g/mol. The van der Waals surface area contributed by atoms with Gasteiger partial charge in [0.05, 0.1) is 11.5 Å². The highest BCUT2D eigenvalue weighted by molar-refractivity contribution is 7.11. The van der Waals surface area contributed by atoms with Crippen LogP contribution in [0, 0.1) is 0 Å². The van der Waals surface area contributed by atoms with Crippen molar-refractivity contribution in [2.24, 2.45) is 0 Å². The van der Waals surface area contributed by atoms with E-state index in [0.29, 0.717) is 9.88 Å². The third-order valence-electron chi connectivity index (χ3n) is 1.90. The van der Waals surface area contributed by atoms with Gasteiger partial charge in [0.1, 0.15) is 17.2 Å². The molecule has 0 bridgehead atoms. The van der Waals surface area contributed by atoms with Gasteiger partial charge in [0.25, 0.3) is 0 Å². The van der Waals surface area contributed by atoms with Crippen molar-refractivity contribution in [3.63, 3.8) is 0 Å². The predicted octanol–water partition coefficient (Wildman–Crippen LogP) is -0.834. The standard InChI is InChI=1S/C9H14N2O4S/c1-5(13)10-3-7(14)8(15)9-11-2-6(4-12)16-9/h2,7-8,12,14-15H,3-4H2,1H3,(H,10,13). The maximum absolute atomic E-state index is 10.6. The molecule has 0 fully saturated rings. The number of amides is 1. The van der Waals surface area contributed by atoms with Crippen LogP contribution in [-0.2, 0) is 11.4 Å². The summed E-state index contributed by atoms with van der Waals surface area (Å²) in [6, 6.07) is 0. The molecule has 0 saturated heterocycles. The van der Waals surface area contributed by atoms with Crippen LogP contribution in [0.15, 0.2) is 6.20 Å². The zero-order valence-corrected chi connectivity index (χ0v) is 9.57.